The second-order valence-electron chi connectivity index (χ2n) is 7.39. The summed E-state index contributed by atoms with van der Waals surface area (Å²) < 4.78 is 33.4. The van der Waals surface area contributed by atoms with Crippen LogP contribution in [0.1, 0.15) is 41.3 Å². The summed E-state index contributed by atoms with van der Waals surface area (Å²) in [5.74, 6) is 0.644. The molecule has 0 spiro atoms. The summed E-state index contributed by atoms with van der Waals surface area (Å²) >= 11 is 0. The van der Waals surface area contributed by atoms with E-state index in [1.54, 1.807) is 29.2 Å². The number of sulfonamides is 1. The van der Waals surface area contributed by atoms with Gasteiger partial charge in [0.15, 0.2) is 0 Å². The van der Waals surface area contributed by atoms with Gasteiger partial charge in [-0.2, -0.15) is 0 Å². The third-order valence-corrected chi connectivity index (χ3v) is 6.84. The van der Waals surface area contributed by atoms with Crippen molar-refractivity contribution in [2.24, 2.45) is 0 Å². The minimum Gasteiger partial charge on any atom is -0.494 e. The third-order valence-electron chi connectivity index (χ3n) is 5.30. The molecule has 0 bridgehead atoms. The van der Waals surface area contributed by atoms with Gasteiger partial charge in [-0.15, -0.1) is 0 Å². The minimum absolute atomic E-state index is 0.000852. The Balaban J connectivity index is 1.58. The van der Waals surface area contributed by atoms with Crippen LogP contribution >= 0.6 is 0 Å². The van der Waals surface area contributed by atoms with E-state index in [1.165, 1.54) is 0 Å². The van der Waals surface area contributed by atoms with E-state index in [0.717, 1.165) is 11.1 Å². The zero-order chi connectivity index (χ0) is 21.0. The van der Waals surface area contributed by atoms with Crippen LogP contribution in [0.15, 0.2) is 47.4 Å². The Morgan fingerprint density at radius 1 is 1.07 bits per heavy atom. The number of likely N-dealkylation sites (tertiary alicyclic amines) is 1. The van der Waals surface area contributed by atoms with Crippen LogP contribution in [-0.2, 0) is 10.0 Å². The van der Waals surface area contributed by atoms with E-state index in [0.29, 0.717) is 43.9 Å². The van der Waals surface area contributed by atoms with Gasteiger partial charge in [-0.05, 0) is 81.1 Å². The summed E-state index contributed by atoms with van der Waals surface area (Å²) in [6.45, 7) is 7.48. The normalized spacial score (nSPS) is 15.3. The topological polar surface area (TPSA) is 75.7 Å². The predicted octanol–water partition coefficient (Wildman–Crippen LogP) is 3.29. The SMILES string of the molecule is CCOc1ccc(S(=O)(=O)NC2CCN(C(=O)c3ccc(C)c(C)c3)CC2)cc1. The molecule has 0 unspecified atom stereocenters. The second kappa shape index (κ2) is 8.97. The highest BCUT2D eigenvalue weighted by molar-refractivity contribution is 7.89. The molecule has 1 fully saturated rings. The van der Waals surface area contributed by atoms with Gasteiger partial charge in [0.25, 0.3) is 5.91 Å². The molecule has 156 valence electrons. The van der Waals surface area contributed by atoms with Gasteiger partial charge in [-0.25, -0.2) is 13.1 Å². The minimum atomic E-state index is -3.60. The van der Waals surface area contributed by atoms with Crippen molar-refractivity contribution in [3.05, 3.63) is 59.2 Å². The Bertz CT molecular complexity index is 963. The first-order chi connectivity index (χ1) is 13.8. The molecule has 6 nitrogen and oxygen atoms in total. The summed E-state index contributed by atoms with van der Waals surface area (Å²) in [7, 11) is -3.60. The highest BCUT2D eigenvalue weighted by Crippen LogP contribution is 2.20. The van der Waals surface area contributed by atoms with Gasteiger partial charge in [0, 0.05) is 24.7 Å². The predicted molar refractivity (Wildman–Crippen MR) is 113 cm³/mol. The monoisotopic (exact) mass is 416 g/mol. The van der Waals surface area contributed by atoms with Crippen LogP contribution in [-0.4, -0.2) is 45.0 Å². The number of amides is 1. The molecule has 1 heterocycles. The maximum absolute atomic E-state index is 12.7. The summed E-state index contributed by atoms with van der Waals surface area (Å²) in [5.41, 5.74) is 2.93. The molecule has 0 saturated carbocycles. The molecule has 3 rings (SSSR count). The Morgan fingerprint density at radius 2 is 1.72 bits per heavy atom. The van der Waals surface area contributed by atoms with Gasteiger partial charge in [0.05, 0.1) is 11.5 Å². The molecule has 1 aliphatic rings. The molecule has 29 heavy (non-hydrogen) atoms. The van der Waals surface area contributed by atoms with Crippen molar-refractivity contribution < 1.29 is 17.9 Å². The zero-order valence-corrected chi connectivity index (χ0v) is 18.0. The van der Waals surface area contributed by atoms with Crippen LogP contribution in [0, 0.1) is 13.8 Å². The Morgan fingerprint density at radius 3 is 2.31 bits per heavy atom. The number of piperidine rings is 1. The fraction of sp³-hybridized carbons (Fsp3) is 0.409. The maximum Gasteiger partial charge on any atom is 0.253 e. The van der Waals surface area contributed by atoms with Crippen molar-refractivity contribution in [3.8, 4) is 5.75 Å². The average Bonchev–Trinajstić information content (AvgIpc) is 2.70. The number of hydrogen-bond acceptors (Lipinski definition) is 4. The van der Waals surface area contributed by atoms with Crippen LogP contribution in [0.3, 0.4) is 0 Å². The second-order valence-corrected chi connectivity index (χ2v) is 9.11. The molecule has 2 aromatic rings. The highest BCUT2D eigenvalue weighted by Gasteiger charge is 2.27. The van der Waals surface area contributed by atoms with Crippen molar-refractivity contribution in [2.75, 3.05) is 19.7 Å². The third kappa shape index (κ3) is 5.16. The lowest BCUT2D eigenvalue weighted by Gasteiger charge is -2.32. The number of aryl methyl sites for hydroxylation is 2. The lowest BCUT2D eigenvalue weighted by Crippen LogP contribution is -2.46. The van der Waals surface area contributed by atoms with E-state index in [9.17, 15) is 13.2 Å². The number of nitrogens with one attached hydrogen (secondary N) is 1. The molecule has 0 aromatic heterocycles. The number of rotatable bonds is 6. The molecule has 2 aromatic carbocycles. The summed E-state index contributed by atoms with van der Waals surface area (Å²) in [5, 5.41) is 0. The van der Waals surface area contributed by atoms with Crippen LogP contribution in [0.5, 0.6) is 5.75 Å². The molecule has 1 amide bonds. The van der Waals surface area contributed by atoms with E-state index < -0.39 is 10.0 Å². The Labute approximate surface area is 172 Å². The molecule has 1 N–H and O–H groups in total. The fourth-order valence-electron chi connectivity index (χ4n) is 3.43. The fourth-order valence-corrected chi connectivity index (χ4v) is 4.73. The van der Waals surface area contributed by atoms with Gasteiger partial charge in [0.2, 0.25) is 10.0 Å². The first-order valence-corrected chi connectivity index (χ1v) is 11.4. The van der Waals surface area contributed by atoms with E-state index in [-0.39, 0.29) is 16.8 Å². The van der Waals surface area contributed by atoms with E-state index >= 15 is 0 Å². The standard InChI is InChI=1S/C22H28N2O4S/c1-4-28-20-7-9-21(10-8-20)29(26,27)23-19-11-13-24(14-12-19)22(25)18-6-5-16(2)17(3)15-18/h5-10,15,19,23H,4,11-14H2,1-3H3. The maximum atomic E-state index is 12.7. The van der Waals surface area contributed by atoms with Crippen molar-refractivity contribution in [2.45, 2.75) is 44.6 Å². The Kier molecular flexibility index (Phi) is 6.59. The summed E-state index contributed by atoms with van der Waals surface area (Å²) in [4.78, 5) is 14.8. The van der Waals surface area contributed by atoms with Crippen LogP contribution in [0.2, 0.25) is 0 Å². The average molecular weight is 417 g/mol. The number of ether oxygens (including phenoxy) is 1. The van der Waals surface area contributed by atoms with E-state index in [4.69, 9.17) is 4.74 Å². The first kappa shape index (κ1) is 21.3. The van der Waals surface area contributed by atoms with E-state index in [1.807, 2.05) is 39.0 Å². The van der Waals surface area contributed by atoms with Crippen LogP contribution in [0.4, 0.5) is 0 Å². The number of benzene rings is 2. The lowest BCUT2D eigenvalue weighted by molar-refractivity contribution is 0.0711. The van der Waals surface area contributed by atoms with Crippen molar-refractivity contribution in [1.82, 2.24) is 9.62 Å². The zero-order valence-electron chi connectivity index (χ0n) is 17.1. The smallest absolute Gasteiger partial charge is 0.253 e. The van der Waals surface area contributed by atoms with Crippen LogP contribution < -0.4 is 9.46 Å². The lowest BCUT2D eigenvalue weighted by atomic mass is 10.0. The number of carbonyl (C=O) groups is 1. The van der Waals surface area contributed by atoms with Gasteiger partial charge in [-0.3, -0.25) is 4.79 Å². The highest BCUT2D eigenvalue weighted by atomic mass is 32.2. The van der Waals surface area contributed by atoms with Crippen LogP contribution in [0.25, 0.3) is 0 Å². The molecule has 0 atom stereocenters. The van der Waals surface area contributed by atoms with E-state index in [2.05, 4.69) is 4.72 Å². The molecule has 0 radical (unpaired) electrons. The number of carbonyl (C=O) groups excluding carboxylic acids is 1. The molecule has 1 saturated heterocycles. The van der Waals surface area contributed by atoms with Gasteiger partial charge < -0.3 is 9.64 Å². The van der Waals surface area contributed by atoms with Crippen molar-refractivity contribution in [1.29, 1.82) is 0 Å². The van der Waals surface area contributed by atoms with Crippen molar-refractivity contribution >= 4 is 15.9 Å². The van der Waals surface area contributed by atoms with Crippen molar-refractivity contribution in [3.63, 3.8) is 0 Å². The molecular formula is C22H28N2O4S. The summed E-state index contributed by atoms with van der Waals surface area (Å²) in [6.07, 6.45) is 1.18. The first-order valence-electron chi connectivity index (χ1n) is 9.92. The largest absolute Gasteiger partial charge is 0.494 e. The number of nitrogens with zero attached hydrogens (tertiary/aromatic N) is 1. The quantitative estimate of drug-likeness (QED) is 0.784. The number of hydrogen-bond donors (Lipinski definition) is 1. The molecule has 1 aliphatic heterocycles. The Hall–Kier alpha value is -2.38. The molecule has 0 aliphatic carbocycles. The molecule has 7 heteroatoms. The van der Waals surface area contributed by atoms with Gasteiger partial charge in [-0.1, -0.05) is 6.07 Å². The van der Waals surface area contributed by atoms with Gasteiger partial charge in [0.1, 0.15) is 5.75 Å². The molecular weight excluding hydrogens is 388 g/mol. The van der Waals surface area contributed by atoms with Gasteiger partial charge >= 0.3 is 0 Å². The summed E-state index contributed by atoms with van der Waals surface area (Å²) in [6, 6.07) is 11.9.